The third-order valence-corrected chi connectivity index (χ3v) is 5.14. The van der Waals surface area contributed by atoms with Gasteiger partial charge in [0, 0.05) is 44.4 Å². The minimum atomic E-state index is 0.272. The quantitative estimate of drug-likeness (QED) is 0.850. The van der Waals surface area contributed by atoms with Crippen LogP contribution >= 0.6 is 0 Å². The largest absolute Gasteiger partial charge is 0.353 e. The summed E-state index contributed by atoms with van der Waals surface area (Å²) < 4.78 is 1.87. The fraction of sp³-hybridized carbons (Fsp3) is 0.588. The molecule has 0 radical (unpaired) electrons. The third kappa shape index (κ3) is 2.78. The van der Waals surface area contributed by atoms with Crippen molar-refractivity contribution in [3.8, 4) is 0 Å². The van der Waals surface area contributed by atoms with E-state index in [0.717, 1.165) is 50.5 Å². The monoisotopic (exact) mass is 313 g/mol. The first kappa shape index (κ1) is 14.5. The molecule has 1 saturated heterocycles. The van der Waals surface area contributed by atoms with Crippen LogP contribution in [0.15, 0.2) is 24.5 Å². The van der Waals surface area contributed by atoms with Gasteiger partial charge in [-0.3, -0.25) is 4.79 Å². The highest BCUT2D eigenvalue weighted by atomic mass is 16.2. The van der Waals surface area contributed by atoms with Gasteiger partial charge in [0.2, 0.25) is 5.91 Å². The summed E-state index contributed by atoms with van der Waals surface area (Å²) in [5.41, 5.74) is 0.864. The summed E-state index contributed by atoms with van der Waals surface area (Å²) in [6, 6.07) is 3.91. The van der Waals surface area contributed by atoms with Crippen LogP contribution in [0.4, 0.5) is 5.82 Å². The molecule has 4 rings (SSSR count). The van der Waals surface area contributed by atoms with Crippen molar-refractivity contribution in [3.63, 3.8) is 0 Å². The molecule has 2 fully saturated rings. The summed E-state index contributed by atoms with van der Waals surface area (Å²) >= 11 is 0. The van der Waals surface area contributed by atoms with Crippen LogP contribution in [0.25, 0.3) is 5.65 Å². The molecule has 1 amide bonds. The predicted octanol–water partition coefficient (Wildman–Crippen LogP) is 1.96. The maximum absolute atomic E-state index is 12.6. The maximum Gasteiger partial charge on any atom is 0.225 e. The molecule has 23 heavy (non-hydrogen) atoms. The zero-order valence-corrected chi connectivity index (χ0v) is 13.4. The Labute approximate surface area is 136 Å². The topological polar surface area (TPSA) is 53.7 Å². The van der Waals surface area contributed by atoms with Crippen LogP contribution in [0.5, 0.6) is 0 Å². The molecule has 0 aromatic carbocycles. The van der Waals surface area contributed by atoms with Crippen LogP contribution in [-0.4, -0.2) is 51.6 Å². The van der Waals surface area contributed by atoms with Crippen molar-refractivity contribution >= 4 is 17.4 Å². The summed E-state index contributed by atoms with van der Waals surface area (Å²) in [4.78, 5) is 21.3. The second-order valence-corrected chi connectivity index (χ2v) is 6.55. The first-order chi connectivity index (χ1) is 11.3. The van der Waals surface area contributed by atoms with E-state index >= 15 is 0 Å². The van der Waals surface area contributed by atoms with Gasteiger partial charge in [0.05, 0.1) is 6.20 Å². The minimum Gasteiger partial charge on any atom is -0.353 e. The molecule has 2 aromatic rings. The van der Waals surface area contributed by atoms with Gasteiger partial charge in [-0.15, -0.1) is 0 Å². The zero-order chi connectivity index (χ0) is 15.6. The molecule has 0 N–H and O–H groups in total. The van der Waals surface area contributed by atoms with Crippen molar-refractivity contribution in [1.29, 1.82) is 0 Å². The second-order valence-electron chi connectivity index (χ2n) is 6.55. The van der Waals surface area contributed by atoms with E-state index in [1.54, 1.807) is 6.20 Å². The normalized spacial score (nSPS) is 20.2. The first-order valence-electron chi connectivity index (χ1n) is 8.65. The van der Waals surface area contributed by atoms with Crippen LogP contribution in [0.2, 0.25) is 0 Å². The van der Waals surface area contributed by atoms with E-state index in [4.69, 9.17) is 0 Å². The number of hydrogen-bond acceptors (Lipinski definition) is 4. The van der Waals surface area contributed by atoms with Crippen molar-refractivity contribution in [2.45, 2.75) is 32.1 Å². The number of carbonyl (C=O) groups excluding carboxylic acids is 1. The second kappa shape index (κ2) is 6.18. The average Bonchev–Trinajstić information content (AvgIpc) is 3.11. The number of fused-ring (bicyclic) bond motifs is 1. The minimum absolute atomic E-state index is 0.272. The molecule has 0 unspecified atom stereocenters. The molecular weight excluding hydrogens is 290 g/mol. The Hall–Kier alpha value is -2.11. The number of carbonyl (C=O) groups is 1. The Morgan fingerprint density at radius 3 is 2.57 bits per heavy atom. The lowest BCUT2D eigenvalue weighted by Crippen LogP contribution is -2.51. The van der Waals surface area contributed by atoms with Crippen LogP contribution in [0, 0.1) is 5.92 Å². The smallest absolute Gasteiger partial charge is 0.225 e. The Balaban J connectivity index is 1.42. The predicted molar refractivity (Wildman–Crippen MR) is 88.4 cm³/mol. The highest BCUT2D eigenvalue weighted by Gasteiger charge is 2.28. The fourth-order valence-corrected chi connectivity index (χ4v) is 3.82. The molecule has 2 aliphatic rings. The van der Waals surface area contributed by atoms with Gasteiger partial charge in [0.15, 0.2) is 5.65 Å². The van der Waals surface area contributed by atoms with E-state index < -0.39 is 0 Å². The zero-order valence-electron chi connectivity index (χ0n) is 13.4. The van der Waals surface area contributed by atoms with E-state index in [9.17, 15) is 4.79 Å². The van der Waals surface area contributed by atoms with Crippen molar-refractivity contribution in [1.82, 2.24) is 19.5 Å². The van der Waals surface area contributed by atoms with Gasteiger partial charge in [0.25, 0.3) is 0 Å². The lowest BCUT2D eigenvalue weighted by atomic mass is 9.88. The summed E-state index contributed by atoms with van der Waals surface area (Å²) in [7, 11) is 0. The van der Waals surface area contributed by atoms with Crippen molar-refractivity contribution in [3.05, 3.63) is 24.5 Å². The van der Waals surface area contributed by atoms with Gasteiger partial charge in [0.1, 0.15) is 5.82 Å². The Kier molecular flexibility index (Phi) is 3.89. The van der Waals surface area contributed by atoms with E-state index in [1.807, 2.05) is 22.8 Å². The average molecular weight is 313 g/mol. The van der Waals surface area contributed by atoms with Gasteiger partial charge in [-0.05, 0) is 18.9 Å². The standard InChI is InChI=1S/C17H23N5O/c23-17(14-4-2-1-3-5-14)21-12-10-20(11-13-21)16-7-8-18-15-6-9-19-22(15)16/h6-9,14H,1-5,10-13H2. The Morgan fingerprint density at radius 1 is 1.00 bits per heavy atom. The van der Waals surface area contributed by atoms with Crippen LogP contribution < -0.4 is 4.90 Å². The van der Waals surface area contributed by atoms with E-state index in [1.165, 1.54) is 19.3 Å². The van der Waals surface area contributed by atoms with Gasteiger partial charge < -0.3 is 9.80 Å². The lowest BCUT2D eigenvalue weighted by molar-refractivity contribution is -0.136. The summed E-state index contributed by atoms with van der Waals surface area (Å²) in [6.07, 6.45) is 9.48. The third-order valence-electron chi connectivity index (χ3n) is 5.14. The summed E-state index contributed by atoms with van der Waals surface area (Å²) in [5.74, 6) is 1.71. The molecule has 0 atom stereocenters. The molecule has 1 saturated carbocycles. The molecule has 6 nitrogen and oxygen atoms in total. The molecular formula is C17H23N5O. The Bertz CT molecular complexity index is 683. The van der Waals surface area contributed by atoms with Gasteiger partial charge in [-0.25, -0.2) is 4.98 Å². The van der Waals surface area contributed by atoms with Crippen LogP contribution in [-0.2, 0) is 4.79 Å². The van der Waals surface area contributed by atoms with Crippen LogP contribution in [0.3, 0.4) is 0 Å². The van der Waals surface area contributed by atoms with Crippen molar-refractivity contribution < 1.29 is 4.79 Å². The van der Waals surface area contributed by atoms with E-state index in [2.05, 4.69) is 19.9 Å². The molecule has 6 heteroatoms. The van der Waals surface area contributed by atoms with Gasteiger partial charge >= 0.3 is 0 Å². The molecule has 1 aliphatic heterocycles. The molecule has 122 valence electrons. The van der Waals surface area contributed by atoms with Gasteiger partial charge in [-0.1, -0.05) is 19.3 Å². The number of anilines is 1. The number of aromatic nitrogens is 3. The van der Waals surface area contributed by atoms with Crippen molar-refractivity contribution in [2.75, 3.05) is 31.1 Å². The number of amides is 1. The molecule has 2 aromatic heterocycles. The number of nitrogens with zero attached hydrogens (tertiary/aromatic N) is 5. The highest BCUT2D eigenvalue weighted by Crippen LogP contribution is 2.26. The molecule has 0 bridgehead atoms. The lowest BCUT2D eigenvalue weighted by Gasteiger charge is -2.38. The Morgan fingerprint density at radius 2 is 1.78 bits per heavy atom. The molecule has 0 spiro atoms. The summed E-state index contributed by atoms with van der Waals surface area (Å²) in [6.45, 7) is 3.33. The number of hydrogen-bond donors (Lipinski definition) is 0. The van der Waals surface area contributed by atoms with Gasteiger partial charge in [-0.2, -0.15) is 9.61 Å². The molecule has 1 aliphatic carbocycles. The molecule has 3 heterocycles. The van der Waals surface area contributed by atoms with Crippen molar-refractivity contribution in [2.24, 2.45) is 5.92 Å². The maximum atomic E-state index is 12.6. The van der Waals surface area contributed by atoms with E-state index in [-0.39, 0.29) is 5.92 Å². The highest BCUT2D eigenvalue weighted by molar-refractivity contribution is 5.79. The number of rotatable bonds is 2. The van der Waals surface area contributed by atoms with Crippen LogP contribution in [0.1, 0.15) is 32.1 Å². The van der Waals surface area contributed by atoms with E-state index in [0.29, 0.717) is 5.91 Å². The SMILES string of the molecule is O=C(C1CCCCC1)N1CCN(c2ccnc3ccnn23)CC1. The summed E-state index contributed by atoms with van der Waals surface area (Å²) in [5, 5.41) is 4.35. The fourth-order valence-electron chi connectivity index (χ4n) is 3.82. The number of piperazine rings is 1. The first-order valence-corrected chi connectivity index (χ1v) is 8.65.